The van der Waals surface area contributed by atoms with Crippen LogP contribution in [0, 0.1) is 0 Å². The molecule has 1 aromatic rings. The Balaban J connectivity index is 2.51. The maximum Gasteiger partial charge on any atom is 0.127 e. The number of halogens is 1. The van der Waals surface area contributed by atoms with E-state index in [1.165, 1.54) is 0 Å². The number of rotatable bonds is 1. The van der Waals surface area contributed by atoms with Crippen molar-refractivity contribution in [2.45, 2.75) is 0 Å². The summed E-state index contributed by atoms with van der Waals surface area (Å²) < 4.78 is 5.42. The van der Waals surface area contributed by atoms with E-state index in [1.54, 1.807) is 0 Å². The highest BCUT2D eigenvalue weighted by Crippen LogP contribution is 2.31. The van der Waals surface area contributed by atoms with E-state index in [0.717, 1.165) is 16.9 Å². The molecule has 0 amide bonds. The van der Waals surface area contributed by atoms with Gasteiger partial charge in [0.05, 0.1) is 0 Å². The molecule has 0 atom stereocenters. The van der Waals surface area contributed by atoms with Gasteiger partial charge in [0.15, 0.2) is 0 Å². The minimum atomic E-state index is 0.525. The van der Waals surface area contributed by atoms with Crippen LogP contribution < -0.4 is 10.5 Å². The second-order valence-electron chi connectivity index (χ2n) is 2.88. The third-order valence-electron chi connectivity index (χ3n) is 2.08. The van der Waals surface area contributed by atoms with Crippen LogP contribution in [0.15, 0.2) is 24.3 Å². The van der Waals surface area contributed by atoms with Crippen LogP contribution in [-0.4, -0.2) is 13.2 Å². The van der Waals surface area contributed by atoms with Gasteiger partial charge in [-0.2, -0.15) is 0 Å². The minimum absolute atomic E-state index is 0.525. The molecule has 2 N–H and O–H groups in total. The second-order valence-corrected chi connectivity index (χ2v) is 3.32. The maximum atomic E-state index is 5.88. The SMILES string of the molecule is NCC1=CCOc2ccc(Cl)cc21. The van der Waals surface area contributed by atoms with E-state index in [0.29, 0.717) is 18.2 Å². The molecular formula is C10H10ClNO. The van der Waals surface area contributed by atoms with Crippen molar-refractivity contribution in [2.24, 2.45) is 5.73 Å². The summed E-state index contributed by atoms with van der Waals surface area (Å²) in [6.07, 6.45) is 1.98. The van der Waals surface area contributed by atoms with Crippen molar-refractivity contribution in [2.75, 3.05) is 13.2 Å². The first-order valence-corrected chi connectivity index (χ1v) is 4.51. The lowest BCUT2D eigenvalue weighted by molar-refractivity contribution is 0.357. The molecule has 1 aliphatic rings. The Morgan fingerprint density at radius 3 is 3.08 bits per heavy atom. The molecule has 0 saturated carbocycles. The van der Waals surface area contributed by atoms with Crippen molar-refractivity contribution in [3.8, 4) is 5.75 Å². The molecule has 0 bridgehead atoms. The Kier molecular flexibility index (Phi) is 2.25. The van der Waals surface area contributed by atoms with E-state index in [2.05, 4.69) is 0 Å². The number of hydrogen-bond acceptors (Lipinski definition) is 2. The summed E-state index contributed by atoms with van der Waals surface area (Å²) in [5.41, 5.74) is 7.72. The van der Waals surface area contributed by atoms with Gasteiger partial charge in [0, 0.05) is 17.1 Å². The average Bonchev–Trinajstić information content (AvgIpc) is 2.17. The van der Waals surface area contributed by atoms with Crippen LogP contribution in [0.3, 0.4) is 0 Å². The molecule has 0 aromatic heterocycles. The highest BCUT2D eigenvalue weighted by Gasteiger charge is 2.12. The monoisotopic (exact) mass is 195 g/mol. The lowest BCUT2D eigenvalue weighted by atomic mass is 10.0. The van der Waals surface area contributed by atoms with Gasteiger partial charge in [-0.25, -0.2) is 0 Å². The van der Waals surface area contributed by atoms with E-state index in [9.17, 15) is 0 Å². The molecule has 0 unspecified atom stereocenters. The number of fused-ring (bicyclic) bond motifs is 1. The van der Waals surface area contributed by atoms with Gasteiger partial charge in [-0.1, -0.05) is 11.6 Å². The summed E-state index contributed by atoms with van der Waals surface area (Å²) in [7, 11) is 0. The Bertz CT molecular complexity index is 360. The van der Waals surface area contributed by atoms with Gasteiger partial charge in [-0.05, 0) is 29.8 Å². The summed E-state index contributed by atoms with van der Waals surface area (Å²) in [4.78, 5) is 0. The van der Waals surface area contributed by atoms with E-state index in [1.807, 2.05) is 24.3 Å². The number of nitrogens with two attached hydrogens (primary N) is 1. The van der Waals surface area contributed by atoms with Gasteiger partial charge in [0.1, 0.15) is 12.4 Å². The first-order chi connectivity index (χ1) is 6.31. The van der Waals surface area contributed by atoms with Crippen LogP contribution in [0.5, 0.6) is 5.75 Å². The molecular weight excluding hydrogens is 186 g/mol. The molecule has 1 aromatic carbocycles. The third-order valence-corrected chi connectivity index (χ3v) is 2.31. The molecule has 0 spiro atoms. The number of benzene rings is 1. The van der Waals surface area contributed by atoms with Gasteiger partial charge in [-0.3, -0.25) is 0 Å². The zero-order chi connectivity index (χ0) is 9.26. The van der Waals surface area contributed by atoms with E-state index < -0.39 is 0 Å². The van der Waals surface area contributed by atoms with Gasteiger partial charge in [0.2, 0.25) is 0 Å². The lowest BCUT2D eigenvalue weighted by Gasteiger charge is -2.17. The van der Waals surface area contributed by atoms with Crippen LogP contribution in [0.2, 0.25) is 5.02 Å². The number of hydrogen-bond donors (Lipinski definition) is 1. The molecule has 0 radical (unpaired) electrons. The fourth-order valence-corrected chi connectivity index (χ4v) is 1.59. The number of ether oxygens (including phenoxy) is 1. The molecule has 68 valence electrons. The van der Waals surface area contributed by atoms with Crippen molar-refractivity contribution in [1.29, 1.82) is 0 Å². The summed E-state index contributed by atoms with van der Waals surface area (Å²) in [6.45, 7) is 1.12. The summed E-state index contributed by atoms with van der Waals surface area (Å²) in [6, 6.07) is 5.58. The lowest BCUT2D eigenvalue weighted by Crippen LogP contribution is -2.10. The zero-order valence-electron chi connectivity index (χ0n) is 7.09. The van der Waals surface area contributed by atoms with Crippen LogP contribution >= 0.6 is 11.6 Å². The van der Waals surface area contributed by atoms with Crippen molar-refractivity contribution >= 4 is 17.2 Å². The molecule has 0 saturated heterocycles. The van der Waals surface area contributed by atoms with Crippen LogP contribution in [-0.2, 0) is 0 Å². The fraction of sp³-hybridized carbons (Fsp3) is 0.200. The summed E-state index contributed by atoms with van der Waals surface area (Å²) >= 11 is 5.88. The molecule has 0 aliphatic carbocycles. The first-order valence-electron chi connectivity index (χ1n) is 4.13. The Morgan fingerprint density at radius 2 is 2.31 bits per heavy atom. The van der Waals surface area contributed by atoms with Gasteiger partial charge in [0.25, 0.3) is 0 Å². The van der Waals surface area contributed by atoms with Crippen molar-refractivity contribution in [3.63, 3.8) is 0 Å². The van der Waals surface area contributed by atoms with Gasteiger partial charge >= 0.3 is 0 Å². The quantitative estimate of drug-likeness (QED) is 0.745. The van der Waals surface area contributed by atoms with Crippen molar-refractivity contribution < 1.29 is 4.74 Å². The Labute approximate surface area is 82.0 Å². The van der Waals surface area contributed by atoms with Crippen LogP contribution in [0.4, 0.5) is 0 Å². The molecule has 1 heterocycles. The highest BCUT2D eigenvalue weighted by molar-refractivity contribution is 6.30. The molecule has 2 rings (SSSR count). The second kappa shape index (κ2) is 3.40. The summed E-state index contributed by atoms with van der Waals surface area (Å²) in [5, 5.41) is 0.712. The first kappa shape index (κ1) is 8.60. The third kappa shape index (κ3) is 1.55. The van der Waals surface area contributed by atoms with Gasteiger partial charge < -0.3 is 10.5 Å². The predicted molar refractivity (Wildman–Crippen MR) is 54.0 cm³/mol. The minimum Gasteiger partial charge on any atom is -0.489 e. The summed E-state index contributed by atoms with van der Waals surface area (Å²) in [5.74, 6) is 0.868. The fourth-order valence-electron chi connectivity index (χ4n) is 1.41. The molecule has 3 heteroatoms. The predicted octanol–water partition coefficient (Wildman–Crippen LogP) is 2.07. The normalized spacial score (nSPS) is 14.5. The molecule has 2 nitrogen and oxygen atoms in total. The standard InChI is InChI=1S/C10H10ClNO/c11-8-1-2-10-9(5-8)7(6-12)3-4-13-10/h1-3,5H,4,6,12H2. The van der Waals surface area contributed by atoms with Gasteiger partial charge in [-0.15, -0.1) is 0 Å². The highest BCUT2D eigenvalue weighted by atomic mass is 35.5. The average molecular weight is 196 g/mol. The topological polar surface area (TPSA) is 35.2 Å². The smallest absolute Gasteiger partial charge is 0.127 e. The van der Waals surface area contributed by atoms with Crippen LogP contribution in [0.25, 0.3) is 5.57 Å². The van der Waals surface area contributed by atoms with E-state index in [4.69, 9.17) is 22.1 Å². The molecule has 13 heavy (non-hydrogen) atoms. The molecule has 1 aliphatic heterocycles. The van der Waals surface area contributed by atoms with E-state index >= 15 is 0 Å². The maximum absolute atomic E-state index is 5.88. The Hall–Kier alpha value is -0.990. The van der Waals surface area contributed by atoms with Crippen LogP contribution in [0.1, 0.15) is 5.56 Å². The Morgan fingerprint density at radius 1 is 1.46 bits per heavy atom. The zero-order valence-corrected chi connectivity index (χ0v) is 7.84. The molecule has 0 fully saturated rings. The van der Waals surface area contributed by atoms with Crippen molar-refractivity contribution in [1.82, 2.24) is 0 Å². The van der Waals surface area contributed by atoms with E-state index in [-0.39, 0.29) is 0 Å². The van der Waals surface area contributed by atoms with Crippen molar-refractivity contribution in [3.05, 3.63) is 34.9 Å². The largest absolute Gasteiger partial charge is 0.489 e.